The number of ketones is 1. The van der Waals surface area contributed by atoms with Crippen molar-refractivity contribution in [3.8, 4) is 0 Å². The molecule has 0 amide bonds. The van der Waals surface area contributed by atoms with Crippen molar-refractivity contribution in [3.63, 3.8) is 0 Å². The average molecular weight is 351 g/mol. The van der Waals surface area contributed by atoms with Gasteiger partial charge in [-0.15, -0.1) is 0 Å². The number of allylic oxidation sites excluding steroid dienone is 1. The molecule has 2 heterocycles. The van der Waals surface area contributed by atoms with Crippen LogP contribution < -0.4 is 5.32 Å². The summed E-state index contributed by atoms with van der Waals surface area (Å²) >= 11 is 0. The number of hydrogen-bond acceptors (Lipinski definition) is 3. The third-order valence-corrected chi connectivity index (χ3v) is 6.33. The van der Waals surface area contributed by atoms with Crippen LogP contribution in [0.3, 0.4) is 0 Å². The van der Waals surface area contributed by atoms with Gasteiger partial charge in [-0.2, -0.15) is 0 Å². The fourth-order valence-electron chi connectivity index (χ4n) is 5.38. The molecule has 1 aliphatic carbocycles. The molecular weight excluding hydrogens is 320 g/mol. The highest BCUT2D eigenvalue weighted by Gasteiger charge is 2.59. The maximum atomic E-state index is 13.4. The molecule has 3 atom stereocenters. The van der Waals surface area contributed by atoms with Gasteiger partial charge in [0.1, 0.15) is 0 Å². The van der Waals surface area contributed by atoms with Gasteiger partial charge in [-0.3, -0.25) is 9.79 Å². The van der Waals surface area contributed by atoms with Gasteiger partial charge in [-0.25, -0.2) is 0 Å². The van der Waals surface area contributed by atoms with Gasteiger partial charge in [0, 0.05) is 17.2 Å². The van der Waals surface area contributed by atoms with E-state index in [-0.39, 0.29) is 34.7 Å². The highest BCUT2D eigenvalue weighted by Crippen LogP contribution is 2.55. The van der Waals surface area contributed by atoms with Gasteiger partial charge in [0.15, 0.2) is 5.78 Å². The predicted molar refractivity (Wildman–Crippen MR) is 108 cm³/mol. The number of carbonyl (C=O) groups is 1. The third kappa shape index (κ3) is 2.32. The summed E-state index contributed by atoms with van der Waals surface area (Å²) in [7, 11) is 0. The Kier molecular flexibility index (Phi) is 3.74. The lowest BCUT2D eigenvalue weighted by Gasteiger charge is -2.50. The molecule has 0 unspecified atom stereocenters. The first-order valence-corrected chi connectivity index (χ1v) is 9.89. The molecule has 3 aliphatic rings. The van der Waals surface area contributed by atoms with Crippen LogP contribution in [-0.2, 0) is 4.79 Å². The Morgan fingerprint density at radius 2 is 1.85 bits per heavy atom. The number of anilines is 1. The van der Waals surface area contributed by atoms with Gasteiger partial charge in [0.2, 0.25) is 0 Å². The standard InChI is InChI=1S/C23H30N2O/c1-13(2)16-11-23-12-22(5,6)25-20(23)15-9-7-8-10-17(15)24-21(23)18(14(3)4)19(16)26/h7-11,13-14,18,21,24H,12H2,1-6H3/t18-,21+,23-/m1/s1. The summed E-state index contributed by atoms with van der Waals surface area (Å²) in [5.74, 6) is 0.821. The maximum Gasteiger partial charge on any atom is 0.164 e. The number of fused-ring (bicyclic) bond motifs is 2. The number of aliphatic imine (C=N–C) groups is 1. The van der Waals surface area contributed by atoms with Crippen molar-refractivity contribution in [2.24, 2.45) is 28.2 Å². The number of benzene rings is 1. The summed E-state index contributed by atoms with van der Waals surface area (Å²) in [6, 6.07) is 8.52. The topological polar surface area (TPSA) is 41.5 Å². The molecule has 1 N–H and O–H groups in total. The number of Topliss-reactive ketones (excluding diaryl/α,β-unsaturated/α-hetero) is 1. The minimum Gasteiger partial charge on any atom is -0.380 e. The Hall–Kier alpha value is -1.90. The van der Waals surface area contributed by atoms with E-state index < -0.39 is 0 Å². The molecule has 4 rings (SSSR count). The largest absolute Gasteiger partial charge is 0.380 e. The molecule has 26 heavy (non-hydrogen) atoms. The Balaban J connectivity index is 2.01. The van der Waals surface area contributed by atoms with E-state index in [0.717, 1.165) is 17.7 Å². The molecular formula is C23H30N2O. The van der Waals surface area contributed by atoms with Crippen molar-refractivity contribution < 1.29 is 4.79 Å². The smallest absolute Gasteiger partial charge is 0.164 e. The summed E-state index contributed by atoms with van der Waals surface area (Å²) < 4.78 is 0. The summed E-state index contributed by atoms with van der Waals surface area (Å²) in [6.45, 7) is 13.1. The van der Waals surface area contributed by atoms with E-state index in [9.17, 15) is 4.79 Å². The molecule has 3 nitrogen and oxygen atoms in total. The molecule has 0 saturated carbocycles. The zero-order valence-corrected chi connectivity index (χ0v) is 16.8. The van der Waals surface area contributed by atoms with E-state index in [2.05, 4.69) is 77.2 Å². The van der Waals surface area contributed by atoms with E-state index in [1.54, 1.807) is 0 Å². The number of hydrogen-bond donors (Lipinski definition) is 1. The lowest BCUT2D eigenvalue weighted by molar-refractivity contribution is -0.123. The zero-order valence-electron chi connectivity index (χ0n) is 16.8. The maximum absolute atomic E-state index is 13.4. The average Bonchev–Trinajstić information content (AvgIpc) is 2.83. The van der Waals surface area contributed by atoms with E-state index in [4.69, 9.17) is 4.99 Å². The Morgan fingerprint density at radius 1 is 1.15 bits per heavy atom. The van der Waals surface area contributed by atoms with Crippen LogP contribution in [0.5, 0.6) is 0 Å². The molecule has 0 radical (unpaired) electrons. The molecule has 1 spiro atoms. The number of para-hydroxylation sites is 1. The first-order valence-electron chi connectivity index (χ1n) is 9.89. The minimum absolute atomic E-state index is 0.0233. The highest BCUT2D eigenvalue weighted by atomic mass is 16.1. The van der Waals surface area contributed by atoms with Gasteiger partial charge in [-0.1, -0.05) is 52.0 Å². The molecule has 0 aromatic heterocycles. The third-order valence-electron chi connectivity index (χ3n) is 6.33. The van der Waals surface area contributed by atoms with Crippen molar-refractivity contribution in [3.05, 3.63) is 41.5 Å². The van der Waals surface area contributed by atoms with Crippen LogP contribution in [0, 0.1) is 23.2 Å². The minimum atomic E-state index is -0.194. The van der Waals surface area contributed by atoms with Gasteiger partial charge >= 0.3 is 0 Å². The summed E-state index contributed by atoms with van der Waals surface area (Å²) in [6.07, 6.45) is 3.24. The van der Waals surface area contributed by atoms with Crippen LogP contribution in [0.1, 0.15) is 53.5 Å². The van der Waals surface area contributed by atoms with Gasteiger partial charge in [0.25, 0.3) is 0 Å². The van der Waals surface area contributed by atoms with Crippen LogP contribution in [0.25, 0.3) is 0 Å². The van der Waals surface area contributed by atoms with E-state index in [0.29, 0.717) is 5.78 Å². The van der Waals surface area contributed by atoms with Crippen molar-refractivity contribution in [1.29, 1.82) is 0 Å². The fraction of sp³-hybridized carbons (Fsp3) is 0.565. The van der Waals surface area contributed by atoms with Crippen molar-refractivity contribution in [2.75, 3.05) is 5.32 Å². The second-order valence-corrected chi connectivity index (χ2v) is 9.55. The molecule has 138 valence electrons. The fourth-order valence-corrected chi connectivity index (χ4v) is 5.38. The first kappa shape index (κ1) is 17.5. The normalized spacial score (nSPS) is 31.8. The van der Waals surface area contributed by atoms with Gasteiger partial charge in [-0.05, 0) is 43.7 Å². The van der Waals surface area contributed by atoms with Crippen molar-refractivity contribution in [1.82, 2.24) is 0 Å². The number of nitrogens with zero attached hydrogens (tertiary/aromatic N) is 1. The number of rotatable bonds is 2. The molecule has 0 fully saturated rings. The Morgan fingerprint density at radius 3 is 2.50 bits per heavy atom. The van der Waals surface area contributed by atoms with E-state index in [1.807, 2.05) is 0 Å². The first-order chi connectivity index (χ1) is 12.2. The zero-order chi connectivity index (χ0) is 18.9. The van der Waals surface area contributed by atoms with Crippen molar-refractivity contribution >= 4 is 17.2 Å². The van der Waals surface area contributed by atoms with Crippen LogP contribution in [0.4, 0.5) is 5.69 Å². The van der Waals surface area contributed by atoms with E-state index >= 15 is 0 Å². The van der Waals surface area contributed by atoms with Gasteiger partial charge in [0.05, 0.1) is 22.7 Å². The van der Waals surface area contributed by atoms with Gasteiger partial charge < -0.3 is 5.32 Å². The molecule has 3 heteroatoms. The second kappa shape index (κ2) is 5.55. The SMILES string of the molecule is CC(C)C1=C[C@@]23CC(C)(C)N=C2c2ccccc2N[C@H]3[C@H](C(C)C)C1=O. The van der Waals surface area contributed by atoms with E-state index in [1.165, 1.54) is 11.3 Å². The van der Waals surface area contributed by atoms with Crippen LogP contribution >= 0.6 is 0 Å². The molecule has 2 aliphatic heterocycles. The Bertz CT molecular complexity index is 830. The molecule has 0 saturated heterocycles. The highest BCUT2D eigenvalue weighted by molar-refractivity contribution is 6.16. The summed E-state index contributed by atoms with van der Waals surface area (Å²) in [4.78, 5) is 18.6. The lowest BCUT2D eigenvalue weighted by atomic mass is 9.57. The second-order valence-electron chi connectivity index (χ2n) is 9.55. The van der Waals surface area contributed by atoms with Crippen molar-refractivity contribution in [2.45, 2.75) is 59.5 Å². The number of carbonyl (C=O) groups excluding carboxylic acids is 1. The summed E-state index contributed by atoms with van der Waals surface area (Å²) in [5, 5.41) is 3.77. The van der Waals surface area contributed by atoms with Crippen LogP contribution in [0.2, 0.25) is 0 Å². The predicted octanol–water partition coefficient (Wildman–Crippen LogP) is 4.88. The van der Waals surface area contributed by atoms with Crippen LogP contribution in [0.15, 0.2) is 40.9 Å². The quantitative estimate of drug-likeness (QED) is 0.826. The van der Waals surface area contributed by atoms with Crippen LogP contribution in [-0.4, -0.2) is 23.1 Å². The lowest BCUT2D eigenvalue weighted by Crippen LogP contribution is -2.58. The Labute approximate surface area is 157 Å². The molecule has 0 bridgehead atoms. The number of nitrogens with one attached hydrogen (secondary N) is 1. The molecule has 1 aromatic carbocycles. The molecule has 1 aromatic rings. The summed E-state index contributed by atoms with van der Waals surface area (Å²) in [5.41, 5.74) is 4.17. The monoisotopic (exact) mass is 350 g/mol.